The fourth-order valence-electron chi connectivity index (χ4n) is 1.29. The first-order valence-corrected chi connectivity index (χ1v) is 5.39. The minimum atomic E-state index is 0.486. The lowest BCUT2D eigenvalue weighted by Crippen LogP contribution is -2.10. The Kier molecular flexibility index (Phi) is 5.05. The van der Waals surface area contributed by atoms with Crippen LogP contribution in [0.3, 0.4) is 0 Å². The third-order valence-electron chi connectivity index (χ3n) is 2.10. The zero-order valence-electron chi connectivity index (χ0n) is 9.99. The molecule has 90 valence electrons. The number of benzene rings is 1. The van der Waals surface area contributed by atoms with Crippen LogP contribution in [0.2, 0.25) is 0 Å². The van der Waals surface area contributed by atoms with Crippen molar-refractivity contribution in [3.05, 3.63) is 35.9 Å². The molecule has 0 aliphatic carbocycles. The number of anilines is 2. The van der Waals surface area contributed by atoms with Gasteiger partial charge in [-0.3, -0.25) is 0 Å². The summed E-state index contributed by atoms with van der Waals surface area (Å²) in [7, 11) is 0. The molecule has 0 radical (unpaired) electrons. The number of nitrogens with zero attached hydrogens (tertiary/aromatic N) is 1. The molecule has 0 unspecified atom stereocenters. The summed E-state index contributed by atoms with van der Waals surface area (Å²) in [4.78, 5) is 0. The van der Waals surface area contributed by atoms with Crippen LogP contribution in [0.5, 0.6) is 0 Å². The van der Waals surface area contributed by atoms with Crippen LogP contribution in [0.15, 0.2) is 30.4 Å². The first-order valence-electron chi connectivity index (χ1n) is 5.39. The van der Waals surface area contributed by atoms with E-state index in [0.29, 0.717) is 31.0 Å². The molecule has 1 aromatic carbocycles. The number of ether oxygens (including phenoxy) is 1. The van der Waals surface area contributed by atoms with Crippen molar-refractivity contribution in [2.75, 3.05) is 30.8 Å². The van der Waals surface area contributed by atoms with Gasteiger partial charge in [-0.05, 0) is 25.1 Å². The van der Waals surface area contributed by atoms with Gasteiger partial charge in [-0.2, -0.15) is 5.26 Å². The van der Waals surface area contributed by atoms with Crippen LogP contribution in [0.1, 0.15) is 12.5 Å². The monoisotopic (exact) mass is 231 g/mol. The van der Waals surface area contributed by atoms with E-state index < -0.39 is 0 Å². The zero-order chi connectivity index (χ0) is 12.7. The molecule has 0 fully saturated rings. The molecule has 4 nitrogen and oxygen atoms in total. The topological polar surface area (TPSA) is 71.1 Å². The molecule has 0 bridgehead atoms. The highest BCUT2D eigenvalue weighted by atomic mass is 16.5. The van der Waals surface area contributed by atoms with Crippen molar-refractivity contribution in [2.24, 2.45) is 0 Å². The molecule has 1 aromatic rings. The molecule has 0 saturated heterocycles. The van der Waals surface area contributed by atoms with Crippen LogP contribution in [-0.2, 0) is 4.74 Å². The van der Waals surface area contributed by atoms with Crippen molar-refractivity contribution in [1.82, 2.24) is 0 Å². The molecule has 0 saturated carbocycles. The van der Waals surface area contributed by atoms with Gasteiger partial charge >= 0.3 is 0 Å². The van der Waals surface area contributed by atoms with Crippen molar-refractivity contribution < 1.29 is 4.74 Å². The first-order chi connectivity index (χ1) is 8.13. The lowest BCUT2D eigenvalue weighted by molar-refractivity contribution is 0.167. The number of nitrogens with one attached hydrogen (secondary N) is 1. The van der Waals surface area contributed by atoms with Gasteiger partial charge in [0.05, 0.1) is 24.5 Å². The Morgan fingerprint density at radius 1 is 1.59 bits per heavy atom. The summed E-state index contributed by atoms with van der Waals surface area (Å²) in [5, 5.41) is 11.9. The first kappa shape index (κ1) is 13.1. The second-order valence-corrected chi connectivity index (χ2v) is 3.85. The fraction of sp³-hybridized carbons (Fsp3) is 0.308. The second kappa shape index (κ2) is 6.56. The van der Waals surface area contributed by atoms with E-state index in [4.69, 9.17) is 15.7 Å². The van der Waals surface area contributed by atoms with E-state index >= 15 is 0 Å². The quantitative estimate of drug-likeness (QED) is 0.447. The van der Waals surface area contributed by atoms with Crippen LogP contribution < -0.4 is 11.1 Å². The van der Waals surface area contributed by atoms with Crippen LogP contribution in [0, 0.1) is 11.3 Å². The van der Waals surface area contributed by atoms with E-state index in [1.807, 2.05) is 19.1 Å². The van der Waals surface area contributed by atoms with Gasteiger partial charge < -0.3 is 15.8 Å². The van der Waals surface area contributed by atoms with Gasteiger partial charge in [0.15, 0.2) is 0 Å². The summed E-state index contributed by atoms with van der Waals surface area (Å²) >= 11 is 0. The summed E-state index contributed by atoms with van der Waals surface area (Å²) in [5.41, 5.74) is 8.57. The van der Waals surface area contributed by atoms with E-state index in [9.17, 15) is 0 Å². The molecular weight excluding hydrogens is 214 g/mol. The highest BCUT2D eigenvalue weighted by Crippen LogP contribution is 2.16. The summed E-state index contributed by atoms with van der Waals surface area (Å²) in [6.45, 7) is 7.55. The lowest BCUT2D eigenvalue weighted by Gasteiger charge is -2.08. The van der Waals surface area contributed by atoms with Gasteiger partial charge in [-0.15, -0.1) is 0 Å². The van der Waals surface area contributed by atoms with E-state index in [-0.39, 0.29) is 0 Å². The predicted molar refractivity (Wildman–Crippen MR) is 69.7 cm³/mol. The maximum atomic E-state index is 8.73. The van der Waals surface area contributed by atoms with Gasteiger partial charge in [0.2, 0.25) is 0 Å². The minimum Gasteiger partial charge on any atom is -0.398 e. The van der Waals surface area contributed by atoms with Gasteiger partial charge in [0.25, 0.3) is 0 Å². The van der Waals surface area contributed by atoms with Crippen molar-refractivity contribution in [2.45, 2.75) is 6.92 Å². The summed E-state index contributed by atoms with van der Waals surface area (Å²) in [5.74, 6) is 0. The van der Waals surface area contributed by atoms with Gasteiger partial charge in [0.1, 0.15) is 6.07 Å². The Hall–Kier alpha value is -1.99. The van der Waals surface area contributed by atoms with Crippen LogP contribution in [0.4, 0.5) is 11.4 Å². The van der Waals surface area contributed by atoms with Crippen molar-refractivity contribution >= 4 is 11.4 Å². The molecule has 0 amide bonds. The van der Waals surface area contributed by atoms with Gasteiger partial charge in [-0.25, -0.2) is 0 Å². The molecule has 0 aliphatic rings. The zero-order valence-corrected chi connectivity index (χ0v) is 9.99. The number of hydrogen-bond donors (Lipinski definition) is 2. The van der Waals surface area contributed by atoms with E-state index in [1.54, 1.807) is 12.1 Å². The minimum absolute atomic E-state index is 0.486. The number of rotatable bonds is 6. The third kappa shape index (κ3) is 4.58. The van der Waals surface area contributed by atoms with E-state index in [2.05, 4.69) is 11.9 Å². The summed E-state index contributed by atoms with van der Waals surface area (Å²) < 4.78 is 5.35. The molecule has 0 spiro atoms. The largest absolute Gasteiger partial charge is 0.398 e. The Bertz CT molecular complexity index is 435. The Morgan fingerprint density at radius 2 is 2.35 bits per heavy atom. The summed E-state index contributed by atoms with van der Waals surface area (Å²) in [6, 6.07) is 7.30. The molecule has 4 heteroatoms. The SMILES string of the molecule is C=C(C)COCCNc1ccc(C#N)c(N)c1. The molecule has 0 heterocycles. The van der Waals surface area contributed by atoms with Crippen molar-refractivity contribution in [3.8, 4) is 6.07 Å². The Balaban J connectivity index is 2.35. The lowest BCUT2D eigenvalue weighted by atomic mass is 10.2. The van der Waals surface area contributed by atoms with E-state index in [1.165, 1.54) is 0 Å². The molecule has 17 heavy (non-hydrogen) atoms. The number of nitrogen functional groups attached to an aromatic ring is 1. The van der Waals surface area contributed by atoms with Crippen LogP contribution >= 0.6 is 0 Å². The molecule has 0 aliphatic heterocycles. The van der Waals surface area contributed by atoms with Gasteiger partial charge in [-0.1, -0.05) is 12.2 Å². The number of nitriles is 1. The Morgan fingerprint density at radius 3 is 2.94 bits per heavy atom. The number of nitrogens with two attached hydrogens (primary N) is 1. The van der Waals surface area contributed by atoms with Gasteiger partial charge in [0, 0.05) is 12.2 Å². The average molecular weight is 231 g/mol. The van der Waals surface area contributed by atoms with E-state index in [0.717, 1.165) is 11.3 Å². The number of hydrogen-bond acceptors (Lipinski definition) is 4. The normalized spacial score (nSPS) is 9.65. The molecule has 1 rings (SSSR count). The van der Waals surface area contributed by atoms with Crippen molar-refractivity contribution in [3.63, 3.8) is 0 Å². The standard InChI is InChI=1S/C13H17N3O/c1-10(2)9-17-6-5-16-12-4-3-11(8-14)13(15)7-12/h3-4,7,16H,1,5-6,9,15H2,2H3. The highest BCUT2D eigenvalue weighted by molar-refractivity contribution is 5.62. The highest BCUT2D eigenvalue weighted by Gasteiger charge is 1.99. The maximum absolute atomic E-state index is 8.73. The average Bonchev–Trinajstić information content (AvgIpc) is 2.28. The molecular formula is C13H17N3O. The Labute approximate surface area is 102 Å². The smallest absolute Gasteiger partial charge is 0.101 e. The second-order valence-electron chi connectivity index (χ2n) is 3.85. The molecule has 0 atom stereocenters. The maximum Gasteiger partial charge on any atom is 0.101 e. The molecule has 3 N–H and O–H groups in total. The van der Waals surface area contributed by atoms with Crippen LogP contribution in [0.25, 0.3) is 0 Å². The fourth-order valence-corrected chi connectivity index (χ4v) is 1.29. The van der Waals surface area contributed by atoms with Crippen molar-refractivity contribution in [1.29, 1.82) is 5.26 Å². The summed E-state index contributed by atoms with van der Waals surface area (Å²) in [6.07, 6.45) is 0. The third-order valence-corrected chi connectivity index (χ3v) is 2.10. The molecule has 0 aromatic heterocycles. The van der Waals surface area contributed by atoms with Crippen LogP contribution in [-0.4, -0.2) is 19.8 Å². The predicted octanol–water partition coefficient (Wildman–Crippen LogP) is 2.15.